The van der Waals surface area contributed by atoms with Crippen LogP contribution in [0.25, 0.3) is 11.6 Å². The number of aromatic amines is 1. The molecule has 13 nitrogen and oxygen atoms in total. The van der Waals surface area contributed by atoms with Gasteiger partial charge in [-0.15, -0.1) is 0 Å². The molecule has 4 heterocycles. The Labute approximate surface area is 298 Å². The number of piperazine rings is 1. The summed E-state index contributed by atoms with van der Waals surface area (Å²) in [5.41, 5.74) is 3.93. The van der Waals surface area contributed by atoms with Crippen LogP contribution in [0.4, 0.5) is 10.1 Å². The molecule has 1 atom stereocenters. The molecule has 0 radical (unpaired) electrons. The van der Waals surface area contributed by atoms with Gasteiger partial charge in [0, 0.05) is 81.3 Å². The van der Waals surface area contributed by atoms with E-state index in [9.17, 15) is 33.5 Å². The maximum Gasteiger partial charge on any atom is 0.256 e. The molecule has 2 saturated heterocycles. The van der Waals surface area contributed by atoms with E-state index in [0.717, 1.165) is 45.3 Å². The number of H-pyrrole nitrogens is 1. The van der Waals surface area contributed by atoms with E-state index in [1.165, 1.54) is 18.2 Å². The monoisotopic (exact) mass is 707 g/mol. The third-order valence-corrected chi connectivity index (χ3v) is 9.92. The summed E-state index contributed by atoms with van der Waals surface area (Å²) in [6.45, 7) is 8.67. The number of aliphatic hydroxyl groups excluding tert-OH is 1. The largest absolute Gasteiger partial charge is 0.391 e. The Kier molecular flexibility index (Phi) is 13.0. The summed E-state index contributed by atoms with van der Waals surface area (Å²) in [5, 5.41) is 18.0. The highest BCUT2D eigenvalue weighted by Crippen LogP contribution is 2.34. The number of aromatic nitrogens is 1. The van der Waals surface area contributed by atoms with Crippen molar-refractivity contribution in [2.75, 3.05) is 64.2 Å². The first kappa shape index (κ1) is 37.7. The summed E-state index contributed by atoms with van der Waals surface area (Å²) in [6.07, 6.45) is 6.55. The molecule has 276 valence electrons. The van der Waals surface area contributed by atoms with Crippen molar-refractivity contribution in [3.63, 3.8) is 0 Å². The molecular formula is C37H50FN7O6. The molecule has 0 aliphatic carbocycles. The average molecular weight is 708 g/mol. The van der Waals surface area contributed by atoms with Gasteiger partial charge in [-0.1, -0.05) is 12.8 Å². The van der Waals surface area contributed by atoms with Crippen LogP contribution >= 0.6 is 0 Å². The third-order valence-electron chi connectivity index (χ3n) is 9.92. The van der Waals surface area contributed by atoms with Crippen LogP contribution in [0.1, 0.15) is 84.2 Å². The number of aryl methyl sites for hydroxylation is 1. The first-order chi connectivity index (χ1) is 24.5. The Morgan fingerprint density at radius 3 is 2.41 bits per heavy atom. The second kappa shape index (κ2) is 17.6. The summed E-state index contributed by atoms with van der Waals surface area (Å²) in [7, 11) is 0. The summed E-state index contributed by atoms with van der Waals surface area (Å²) in [6, 6.07) is 4.16. The molecule has 5 rings (SSSR count). The first-order valence-electron chi connectivity index (χ1n) is 18.0. The molecule has 0 unspecified atom stereocenters. The van der Waals surface area contributed by atoms with Crippen molar-refractivity contribution in [3.05, 3.63) is 52.1 Å². The number of nitrogens with zero attached hydrogens (tertiary/aromatic N) is 3. The van der Waals surface area contributed by atoms with Crippen molar-refractivity contribution in [1.82, 2.24) is 30.3 Å². The van der Waals surface area contributed by atoms with Crippen LogP contribution in [0.5, 0.6) is 0 Å². The zero-order valence-electron chi connectivity index (χ0n) is 29.6. The highest BCUT2D eigenvalue weighted by atomic mass is 19.1. The molecule has 0 saturated carbocycles. The lowest BCUT2D eigenvalue weighted by Crippen LogP contribution is -2.49. The summed E-state index contributed by atoms with van der Waals surface area (Å²) in [5.74, 6) is -1.12. The van der Waals surface area contributed by atoms with E-state index in [1.54, 1.807) is 11.0 Å². The fraction of sp³-hybridized carbons (Fsp3) is 0.541. The molecular weight excluding hydrogens is 657 g/mol. The zero-order chi connectivity index (χ0) is 36.5. The van der Waals surface area contributed by atoms with Crippen molar-refractivity contribution >= 4 is 46.9 Å². The van der Waals surface area contributed by atoms with Crippen LogP contribution in [0.2, 0.25) is 0 Å². The number of hydrogen-bond donors (Lipinski definition) is 5. The van der Waals surface area contributed by atoms with Crippen LogP contribution in [-0.2, 0) is 19.2 Å². The SMILES string of the molecule is Cc1[nH]c(/C=C2\C(=O)Nc3ccc(F)cc32)c(C)c1C(=O)NCCCN1CCN(C(=O)CCCCCCC(=O)NCC(=O)N2CC[C@@H](O)C2)CC1. The lowest BCUT2D eigenvalue weighted by Gasteiger charge is -2.34. The van der Waals surface area contributed by atoms with Gasteiger partial charge < -0.3 is 35.8 Å². The minimum absolute atomic E-state index is 0.0379. The lowest BCUT2D eigenvalue weighted by molar-refractivity contribution is -0.133. The van der Waals surface area contributed by atoms with Crippen LogP contribution in [0.15, 0.2) is 18.2 Å². The maximum absolute atomic E-state index is 13.9. The second-order valence-corrected chi connectivity index (χ2v) is 13.7. The summed E-state index contributed by atoms with van der Waals surface area (Å²) < 4.78 is 13.9. The van der Waals surface area contributed by atoms with E-state index < -0.39 is 11.9 Å². The quantitative estimate of drug-likeness (QED) is 0.140. The van der Waals surface area contributed by atoms with E-state index in [1.807, 2.05) is 18.7 Å². The third kappa shape index (κ3) is 10.0. The van der Waals surface area contributed by atoms with Crippen LogP contribution in [0.3, 0.4) is 0 Å². The minimum atomic E-state index is -0.474. The Morgan fingerprint density at radius 2 is 1.69 bits per heavy atom. The molecule has 5 amide bonds. The standard InChI is InChI=1S/C37H50FN7O6/c1-24-31(21-29-28-20-26(38)10-11-30(28)42-36(29)50)41-25(2)35(24)37(51)39-13-7-14-43-16-18-44(19-17-43)33(48)9-6-4-3-5-8-32(47)40-22-34(49)45-15-12-27(46)23-45/h10-11,20-21,27,41,46H,3-9,12-19,22-23H2,1-2H3,(H,39,51)(H,40,47)(H,42,50)/b29-21-/t27-/m1/s1. The molecule has 51 heavy (non-hydrogen) atoms. The van der Waals surface area contributed by atoms with Gasteiger partial charge in [-0.05, 0) is 75.9 Å². The molecule has 3 aliphatic heterocycles. The number of hydrogen-bond acceptors (Lipinski definition) is 7. The van der Waals surface area contributed by atoms with Crippen molar-refractivity contribution in [3.8, 4) is 0 Å². The molecule has 0 bridgehead atoms. The van der Waals surface area contributed by atoms with Gasteiger partial charge in [-0.25, -0.2) is 4.39 Å². The number of fused-ring (bicyclic) bond motifs is 1. The number of anilines is 1. The number of carbonyl (C=O) groups excluding carboxylic acids is 5. The topological polar surface area (TPSA) is 167 Å². The maximum atomic E-state index is 13.9. The fourth-order valence-electron chi connectivity index (χ4n) is 6.94. The Hall–Kier alpha value is -4.56. The zero-order valence-corrected chi connectivity index (χ0v) is 29.6. The van der Waals surface area contributed by atoms with Crippen molar-refractivity contribution in [2.45, 2.75) is 71.3 Å². The van der Waals surface area contributed by atoms with Crippen molar-refractivity contribution < 1.29 is 33.5 Å². The predicted octanol–water partition coefficient (Wildman–Crippen LogP) is 2.58. The fourth-order valence-corrected chi connectivity index (χ4v) is 6.94. The highest BCUT2D eigenvalue weighted by Gasteiger charge is 2.27. The number of benzene rings is 1. The molecule has 1 aromatic carbocycles. The summed E-state index contributed by atoms with van der Waals surface area (Å²) in [4.78, 5) is 71.5. The number of halogens is 1. The van der Waals surface area contributed by atoms with Gasteiger partial charge in [0.1, 0.15) is 5.82 Å². The highest BCUT2D eigenvalue weighted by molar-refractivity contribution is 6.35. The molecule has 0 spiro atoms. The molecule has 14 heteroatoms. The Bertz CT molecular complexity index is 1650. The predicted molar refractivity (Wildman–Crippen MR) is 191 cm³/mol. The number of β-amino-alcohol motifs (C(OH)–C–C–N with tert-alkyl or cyclic N) is 1. The minimum Gasteiger partial charge on any atom is -0.391 e. The Balaban J connectivity index is 0.928. The first-order valence-corrected chi connectivity index (χ1v) is 18.0. The smallest absolute Gasteiger partial charge is 0.256 e. The van der Waals surface area contributed by atoms with Crippen LogP contribution in [-0.4, -0.2) is 119 Å². The van der Waals surface area contributed by atoms with E-state index in [0.29, 0.717) is 97.7 Å². The van der Waals surface area contributed by atoms with Gasteiger partial charge in [0.2, 0.25) is 17.7 Å². The van der Waals surface area contributed by atoms with Gasteiger partial charge in [0.05, 0.1) is 23.8 Å². The van der Waals surface area contributed by atoms with Gasteiger partial charge in [0.25, 0.3) is 11.8 Å². The number of rotatable bonds is 15. The normalized spacial score (nSPS) is 18.2. The van der Waals surface area contributed by atoms with E-state index in [-0.39, 0.29) is 36.1 Å². The van der Waals surface area contributed by atoms with E-state index in [2.05, 4.69) is 25.8 Å². The average Bonchev–Trinajstić information content (AvgIpc) is 3.77. The molecule has 1 aromatic heterocycles. The van der Waals surface area contributed by atoms with Crippen molar-refractivity contribution in [2.24, 2.45) is 0 Å². The van der Waals surface area contributed by atoms with E-state index >= 15 is 0 Å². The van der Waals surface area contributed by atoms with Gasteiger partial charge in [-0.3, -0.25) is 28.9 Å². The number of likely N-dealkylation sites (tertiary alicyclic amines) is 1. The number of aliphatic hydroxyl groups is 1. The number of carbonyl (C=O) groups is 5. The molecule has 2 fully saturated rings. The van der Waals surface area contributed by atoms with Crippen LogP contribution in [0, 0.1) is 19.7 Å². The number of nitrogens with one attached hydrogen (secondary N) is 4. The Morgan fingerprint density at radius 1 is 0.941 bits per heavy atom. The molecule has 5 N–H and O–H groups in total. The van der Waals surface area contributed by atoms with Gasteiger partial charge >= 0.3 is 0 Å². The van der Waals surface area contributed by atoms with Crippen LogP contribution < -0.4 is 16.0 Å². The lowest BCUT2D eigenvalue weighted by atomic mass is 10.0. The number of amides is 5. The molecule has 2 aromatic rings. The summed E-state index contributed by atoms with van der Waals surface area (Å²) >= 11 is 0. The van der Waals surface area contributed by atoms with Gasteiger partial charge in [-0.2, -0.15) is 0 Å². The van der Waals surface area contributed by atoms with Gasteiger partial charge in [0.15, 0.2) is 0 Å². The van der Waals surface area contributed by atoms with Crippen molar-refractivity contribution in [1.29, 1.82) is 0 Å². The second-order valence-electron chi connectivity index (χ2n) is 13.7. The number of unbranched alkanes of at least 4 members (excludes halogenated alkanes) is 3. The molecule has 3 aliphatic rings. The van der Waals surface area contributed by atoms with E-state index in [4.69, 9.17) is 0 Å².